The Bertz CT molecular complexity index is 957. The number of aromatic nitrogens is 1. The molecule has 1 aliphatic rings. The number of anilines is 1. The SMILES string of the molecule is O=C(COc1ccccc1F)N(CCCN1CCOCC1)c1nc2ccccc2s1. The van der Waals surface area contributed by atoms with Crippen molar-refractivity contribution in [1.82, 2.24) is 9.88 Å². The number of para-hydroxylation sites is 2. The van der Waals surface area contributed by atoms with Crippen molar-refractivity contribution in [3.8, 4) is 5.75 Å². The van der Waals surface area contributed by atoms with Crippen LogP contribution in [0.2, 0.25) is 0 Å². The Morgan fingerprint density at radius 3 is 2.73 bits per heavy atom. The number of morpholine rings is 1. The van der Waals surface area contributed by atoms with Crippen LogP contribution in [0.5, 0.6) is 5.75 Å². The van der Waals surface area contributed by atoms with Gasteiger partial charge in [0.25, 0.3) is 5.91 Å². The lowest BCUT2D eigenvalue weighted by molar-refractivity contribution is -0.120. The van der Waals surface area contributed by atoms with E-state index >= 15 is 0 Å². The number of rotatable bonds is 8. The van der Waals surface area contributed by atoms with Gasteiger partial charge in [0.1, 0.15) is 0 Å². The fourth-order valence-electron chi connectivity index (χ4n) is 3.36. The summed E-state index contributed by atoms with van der Waals surface area (Å²) >= 11 is 1.48. The van der Waals surface area contributed by atoms with Crippen LogP contribution in [0.25, 0.3) is 10.2 Å². The minimum atomic E-state index is -0.482. The van der Waals surface area contributed by atoms with Gasteiger partial charge in [-0.3, -0.25) is 14.6 Å². The first-order chi connectivity index (χ1) is 14.7. The quantitative estimate of drug-likeness (QED) is 0.548. The number of fused-ring (bicyclic) bond motifs is 1. The average Bonchev–Trinajstić information content (AvgIpc) is 3.20. The van der Waals surface area contributed by atoms with Crippen LogP contribution in [0, 0.1) is 5.82 Å². The maximum absolute atomic E-state index is 13.8. The number of hydrogen-bond acceptors (Lipinski definition) is 6. The molecule has 0 radical (unpaired) electrons. The molecule has 0 saturated carbocycles. The third-order valence-corrected chi connectivity index (χ3v) is 6.02. The molecular weight excluding hydrogens is 405 g/mol. The summed E-state index contributed by atoms with van der Waals surface area (Å²) in [6, 6.07) is 13.9. The van der Waals surface area contributed by atoms with Gasteiger partial charge in [-0.15, -0.1) is 0 Å². The number of ether oxygens (including phenoxy) is 2. The van der Waals surface area contributed by atoms with Crippen molar-refractivity contribution in [2.75, 3.05) is 50.9 Å². The molecule has 0 aliphatic carbocycles. The molecule has 2 aromatic carbocycles. The van der Waals surface area contributed by atoms with Crippen LogP contribution in [0.15, 0.2) is 48.5 Å². The van der Waals surface area contributed by atoms with Crippen LogP contribution in [-0.2, 0) is 9.53 Å². The van der Waals surface area contributed by atoms with Gasteiger partial charge in [0, 0.05) is 26.2 Å². The van der Waals surface area contributed by atoms with Crippen LogP contribution in [-0.4, -0.2) is 61.8 Å². The van der Waals surface area contributed by atoms with Crippen molar-refractivity contribution >= 4 is 32.6 Å². The van der Waals surface area contributed by atoms with Gasteiger partial charge in [0.05, 0.1) is 23.4 Å². The molecule has 30 heavy (non-hydrogen) atoms. The Kier molecular flexibility index (Phi) is 6.88. The zero-order valence-electron chi connectivity index (χ0n) is 16.6. The number of carbonyl (C=O) groups is 1. The Morgan fingerprint density at radius 1 is 1.17 bits per heavy atom. The molecule has 0 unspecified atom stereocenters. The molecule has 2 heterocycles. The highest BCUT2D eigenvalue weighted by Crippen LogP contribution is 2.29. The first-order valence-electron chi connectivity index (χ1n) is 10.0. The highest BCUT2D eigenvalue weighted by atomic mass is 32.1. The van der Waals surface area contributed by atoms with Crippen LogP contribution in [0.4, 0.5) is 9.52 Å². The predicted octanol–water partition coefficient (Wildman–Crippen LogP) is 3.57. The zero-order valence-corrected chi connectivity index (χ0v) is 17.4. The minimum Gasteiger partial charge on any atom is -0.481 e. The van der Waals surface area contributed by atoms with E-state index in [0.717, 1.165) is 49.5 Å². The monoisotopic (exact) mass is 429 g/mol. The van der Waals surface area contributed by atoms with Crippen molar-refractivity contribution < 1.29 is 18.7 Å². The van der Waals surface area contributed by atoms with Crippen molar-refractivity contribution in [3.63, 3.8) is 0 Å². The topological polar surface area (TPSA) is 54.9 Å². The lowest BCUT2D eigenvalue weighted by Crippen LogP contribution is -2.40. The summed E-state index contributed by atoms with van der Waals surface area (Å²) < 4.78 is 25.7. The van der Waals surface area contributed by atoms with E-state index in [2.05, 4.69) is 9.88 Å². The van der Waals surface area contributed by atoms with Crippen LogP contribution in [0.1, 0.15) is 6.42 Å². The number of hydrogen-bond donors (Lipinski definition) is 0. The molecule has 1 aromatic heterocycles. The highest BCUT2D eigenvalue weighted by molar-refractivity contribution is 7.22. The maximum Gasteiger partial charge on any atom is 0.266 e. The van der Waals surface area contributed by atoms with Gasteiger partial charge in [0.2, 0.25) is 0 Å². The number of nitrogens with zero attached hydrogens (tertiary/aromatic N) is 3. The first kappa shape index (κ1) is 20.7. The van der Waals surface area contributed by atoms with Crippen molar-refractivity contribution in [2.24, 2.45) is 0 Å². The Balaban J connectivity index is 1.45. The summed E-state index contributed by atoms with van der Waals surface area (Å²) in [6.45, 7) is 4.47. The smallest absolute Gasteiger partial charge is 0.266 e. The summed E-state index contributed by atoms with van der Waals surface area (Å²) in [4.78, 5) is 21.6. The minimum absolute atomic E-state index is 0.0726. The Morgan fingerprint density at radius 2 is 1.93 bits per heavy atom. The molecule has 158 valence electrons. The second-order valence-corrected chi connectivity index (χ2v) is 8.05. The standard InChI is InChI=1S/C22H24FN3O3S/c23-17-6-1-3-8-19(17)29-16-21(27)26(11-5-10-25-12-14-28-15-13-25)22-24-18-7-2-4-9-20(18)30-22/h1-4,6-9H,5,10-16H2. The first-order valence-corrected chi connectivity index (χ1v) is 10.9. The predicted molar refractivity (Wildman–Crippen MR) is 116 cm³/mol. The number of carbonyl (C=O) groups excluding carboxylic acids is 1. The van der Waals surface area contributed by atoms with Gasteiger partial charge in [-0.25, -0.2) is 9.37 Å². The van der Waals surface area contributed by atoms with Crippen molar-refractivity contribution in [1.29, 1.82) is 0 Å². The highest BCUT2D eigenvalue weighted by Gasteiger charge is 2.21. The van der Waals surface area contributed by atoms with Crippen molar-refractivity contribution in [3.05, 3.63) is 54.3 Å². The average molecular weight is 430 g/mol. The lowest BCUT2D eigenvalue weighted by atomic mass is 10.3. The molecule has 0 atom stereocenters. The Labute approximate surface area is 178 Å². The molecule has 1 amide bonds. The summed E-state index contributed by atoms with van der Waals surface area (Å²) in [6.07, 6.45) is 0.807. The number of benzene rings is 2. The number of thiazole rings is 1. The molecule has 1 saturated heterocycles. The van der Waals surface area contributed by atoms with Gasteiger partial charge < -0.3 is 9.47 Å². The second kappa shape index (κ2) is 9.97. The fourth-order valence-corrected chi connectivity index (χ4v) is 4.37. The second-order valence-electron chi connectivity index (χ2n) is 7.04. The molecule has 1 aliphatic heterocycles. The van der Waals surface area contributed by atoms with E-state index < -0.39 is 5.82 Å². The van der Waals surface area contributed by atoms with E-state index in [1.54, 1.807) is 17.0 Å². The Hall–Kier alpha value is -2.55. The fraction of sp³-hybridized carbons (Fsp3) is 0.364. The van der Waals surface area contributed by atoms with Gasteiger partial charge in [-0.2, -0.15) is 0 Å². The normalized spacial score (nSPS) is 14.7. The van der Waals surface area contributed by atoms with E-state index in [9.17, 15) is 9.18 Å². The van der Waals surface area contributed by atoms with Gasteiger partial charge in [-0.05, 0) is 30.7 Å². The van der Waals surface area contributed by atoms with Crippen LogP contribution >= 0.6 is 11.3 Å². The third-order valence-electron chi connectivity index (χ3n) is 4.96. The summed E-state index contributed by atoms with van der Waals surface area (Å²) in [5.74, 6) is -0.646. The summed E-state index contributed by atoms with van der Waals surface area (Å²) in [7, 11) is 0. The summed E-state index contributed by atoms with van der Waals surface area (Å²) in [5.41, 5.74) is 0.860. The van der Waals surface area contributed by atoms with Crippen molar-refractivity contribution in [2.45, 2.75) is 6.42 Å². The molecule has 3 aromatic rings. The van der Waals surface area contributed by atoms with E-state index in [0.29, 0.717) is 11.7 Å². The third kappa shape index (κ3) is 5.13. The van der Waals surface area contributed by atoms with Gasteiger partial charge in [-0.1, -0.05) is 35.6 Å². The number of amides is 1. The molecular formula is C22H24FN3O3S. The van der Waals surface area contributed by atoms with Gasteiger partial charge >= 0.3 is 0 Å². The van der Waals surface area contributed by atoms with Gasteiger partial charge in [0.15, 0.2) is 23.3 Å². The molecule has 6 nitrogen and oxygen atoms in total. The summed E-state index contributed by atoms with van der Waals surface area (Å²) in [5, 5.41) is 0.639. The van der Waals surface area contributed by atoms with Crippen LogP contribution < -0.4 is 9.64 Å². The number of halogens is 1. The molecule has 0 N–H and O–H groups in total. The van der Waals surface area contributed by atoms with E-state index in [1.165, 1.54) is 23.5 Å². The van der Waals surface area contributed by atoms with Crippen LogP contribution in [0.3, 0.4) is 0 Å². The van der Waals surface area contributed by atoms with E-state index in [1.807, 2.05) is 24.3 Å². The lowest BCUT2D eigenvalue weighted by Gasteiger charge is -2.27. The zero-order chi connectivity index (χ0) is 20.8. The molecule has 4 rings (SSSR count). The molecule has 0 bridgehead atoms. The van der Waals surface area contributed by atoms with E-state index in [-0.39, 0.29) is 18.3 Å². The maximum atomic E-state index is 13.8. The molecule has 0 spiro atoms. The molecule has 8 heteroatoms. The molecule has 1 fully saturated rings. The largest absolute Gasteiger partial charge is 0.481 e. The van der Waals surface area contributed by atoms with E-state index in [4.69, 9.17) is 9.47 Å².